The molecule has 0 spiro atoms. The van der Waals surface area contributed by atoms with Crippen molar-refractivity contribution in [3.63, 3.8) is 0 Å². The molecule has 0 aromatic heterocycles. The van der Waals surface area contributed by atoms with Gasteiger partial charge in [0.05, 0.1) is 6.54 Å². The van der Waals surface area contributed by atoms with Gasteiger partial charge < -0.3 is 15.4 Å². The van der Waals surface area contributed by atoms with Gasteiger partial charge >= 0.3 is 0 Å². The van der Waals surface area contributed by atoms with Crippen LogP contribution in [0.4, 0.5) is 0 Å². The van der Waals surface area contributed by atoms with Crippen molar-refractivity contribution in [2.45, 2.75) is 18.8 Å². The smallest absolute Gasteiger partial charge is 0.191 e. The maximum atomic E-state index is 12.2. The van der Waals surface area contributed by atoms with Crippen LogP contribution in [-0.2, 0) is 16.6 Å². The highest BCUT2D eigenvalue weighted by atomic mass is 127. The zero-order chi connectivity index (χ0) is 19.5. The molecule has 2 atom stereocenters. The second-order valence-electron chi connectivity index (χ2n) is 6.04. The van der Waals surface area contributed by atoms with E-state index in [1.165, 1.54) is 0 Å². The summed E-state index contributed by atoms with van der Waals surface area (Å²) in [5, 5.41) is 7.08. The van der Waals surface area contributed by atoms with E-state index in [0.717, 1.165) is 11.3 Å². The first-order chi connectivity index (χ1) is 13.1. The van der Waals surface area contributed by atoms with Crippen LogP contribution in [0.15, 0.2) is 59.6 Å². The Morgan fingerprint density at radius 1 is 1.14 bits per heavy atom. The molecule has 5 nitrogen and oxygen atoms in total. The van der Waals surface area contributed by atoms with E-state index in [1.54, 1.807) is 19.2 Å². The van der Waals surface area contributed by atoms with E-state index in [0.29, 0.717) is 35.6 Å². The van der Waals surface area contributed by atoms with E-state index in [-0.39, 0.29) is 30.1 Å². The van der Waals surface area contributed by atoms with E-state index < -0.39 is 10.8 Å². The summed E-state index contributed by atoms with van der Waals surface area (Å²) in [6.45, 7) is 3.16. The summed E-state index contributed by atoms with van der Waals surface area (Å²) in [6.07, 6.45) is -0.0445. The lowest BCUT2D eigenvalue weighted by Gasteiger charge is -2.17. The van der Waals surface area contributed by atoms with Gasteiger partial charge in [-0.3, -0.25) is 9.20 Å². The van der Waals surface area contributed by atoms with Gasteiger partial charge in [-0.15, -0.1) is 24.0 Å². The number of aliphatic imine (C=N–C) groups is 1. The average molecular weight is 536 g/mol. The molecule has 0 aliphatic carbocycles. The van der Waals surface area contributed by atoms with Crippen LogP contribution < -0.4 is 15.4 Å². The molecule has 0 amide bonds. The fourth-order valence-corrected chi connectivity index (χ4v) is 3.53. The van der Waals surface area contributed by atoms with Crippen LogP contribution in [0.25, 0.3) is 0 Å². The predicted octanol–water partition coefficient (Wildman–Crippen LogP) is 3.84. The Balaban J connectivity index is 0.00000392. The van der Waals surface area contributed by atoms with E-state index >= 15 is 0 Å². The van der Waals surface area contributed by atoms with Gasteiger partial charge in [0.25, 0.3) is 0 Å². The summed E-state index contributed by atoms with van der Waals surface area (Å²) in [5.41, 5.74) is 1.09. The fraction of sp³-hybridized carbons (Fsp3) is 0.350. The summed E-state index contributed by atoms with van der Waals surface area (Å²) in [7, 11) is 0.798. The van der Waals surface area contributed by atoms with Crippen LogP contribution in [0.2, 0.25) is 5.02 Å². The van der Waals surface area contributed by atoms with Crippen molar-refractivity contribution in [2.75, 3.05) is 25.9 Å². The van der Waals surface area contributed by atoms with E-state index in [9.17, 15) is 4.21 Å². The van der Waals surface area contributed by atoms with Crippen molar-refractivity contribution < 1.29 is 8.95 Å². The van der Waals surface area contributed by atoms with Crippen LogP contribution in [-0.4, -0.2) is 42.2 Å². The first kappa shape index (κ1) is 24.7. The summed E-state index contributed by atoms with van der Waals surface area (Å²) in [4.78, 5) is 4.18. The number of halogens is 2. The van der Waals surface area contributed by atoms with E-state index in [4.69, 9.17) is 16.3 Å². The molecule has 2 unspecified atom stereocenters. The molecule has 28 heavy (non-hydrogen) atoms. The van der Waals surface area contributed by atoms with Crippen LogP contribution in [0, 0.1) is 0 Å². The Morgan fingerprint density at radius 2 is 1.82 bits per heavy atom. The summed E-state index contributed by atoms with van der Waals surface area (Å²) >= 11 is 5.87. The normalized spacial score (nSPS) is 13.2. The molecule has 2 N–H and O–H groups in total. The van der Waals surface area contributed by atoms with Gasteiger partial charge in [-0.2, -0.15) is 0 Å². The van der Waals surface area contributed by atoms with Gasteiger partial charge in [0.2, 0.25) is 0 Å². The number of ether oxygens (including phenoxy) is 1. The average Bonchev–Trinajstić information content (AvgIpc) is 2.67. The second kappa shape index (κ2) is 13.8. The number of hydrogen-bond acceptors (Lipinski definition) is 3. The van der Waals surface area contributed by atoms with Crippen molar-refractivity contribution in [3.05, 3.63) is 65.2 Å². The van der Waals surface area contributed by atoms with E-state index in [1.807, 2.05) is 49.4 Å². The SMILES string of the molecule is CN=C(NCCS(=O)Cc1ccccc1)NCC(C)Oc1ccc(Cl)cc1.I. The Labute approximate surface area is 191 Å². The maximum absolute atomic E-state index is 12.2. The molecular formula is C20H27ClIN3O2S. The third-order valence-electron chi connectivity index (χ3n) is 3.72. The minimum Gasteiger partial charge on any atom is -0.489 e. The molecule has 0 heterocycles. The molecule has 8 heteroatoms. The van der Waals surface area contributed by atoms with Crippen molar-refractivity contribution in [1.29, 1.82) is 0 Å². The molecule has 0 saturated heterocycles. The Bertz CT molecular complexity index is 745. The first-order valence-electron chi connectivity index (χ1n) is 8.82. The van der Waals surface area contributed by atoms with Crippen LogP contribution in [0.1, 0.15) is 12.5 Å². The molecule has 0 saturated carbocycles. The number of benzene rings is 2. The zero-order valence-corrected chi connectivity index (χ0v) is 20.0. The third-order valence-corrected chi connectivity index (χ3v) is 5.29. The Kier molecular flexibility index (Phi) is 12.2. The lowest BCUT2D eigenvalue weighted by Crippen LogP contribution is -2.43. The minimum atomic E-state index is -0.911. The van der Waals surface area contributed by atoms with Gasteiger partial charge in [-0.05, 0) is 36.8 Å². The summed E-state index contributed by atoms with van der Waals surface area (Å²) < 4.78 is 18.0. The first-order valence-corrected chi connectivity index (χ1v) is 10.7. The van der Waals surface area contributed by atoms with Crippen LogP contribution >= 0.6 is 35.6 Å². The molecular weight excluding hydrogens is 509 g/mol. The zero-order valence-electron chi connectivity index (χ0n) is 16.1. The third kappa shape index (κ3) is 9.75. The molecule has 0 aliphatic rings. The second-order valence-corrected chi connectivity index (χ2v) is 8.05. The quantitative estimate of drug-likeness (QED) is 0.291. The topological polar surface area (TPSA) is 62.7 Å². The molecule has 2 aromatic rings. The Hall–Kier alpha value is -1.32. The Morgan fingerprint density at radius 3 is 2.46 bits per heavy atom. The van der Waals surface area contributed by atoms with Gasteiger partial charge in [0.1, 0.15) is 11.9 Å². The lowest BCUT2D eigenvalue weighted by molar-refractivity contribution is 0.224. The van der Waals surface area contributed by atoms with Crippen LogP contribution in [0.5, 0.6) is 5.75 Å². The van der Waals surface area contributed by atoms with Crippen molar-refractivity contribution in [2.24, 2.45) is 4.99 Å². The predicted molar refractivity (Wildman–Crippen MR) is 129 cm³/mol. The summed E-state index contributed by atoms with van der Waals surface area (Å²) in [6, 6.07) is 17.2. The van der Waals surface area contributed by atoms with Crippen molar-refractivity contribution >= 4 is 52.3 Å². The fourth-order valence-electron chi connectivity index (χ4n) is 2.36. The highest BCUT2D eigenvalue weighted by Gasteiger charge is 2.07. The number of rotatable bonds is 9. The number of guanidine groups is 1. The molecule has 0 aliphatic heterocycles. The lowest BCUT2D eigenvalue weighted by atomic mass is 10.2. The number of nitrogens with zero attached hydrogens (tertiary/aromatic N) is 1. The molecule has 0 fully saturated rings. The highest BCUT2D eigenvalue weighted by Crippen LogP contribution is 2.16. The van der Waals surface area contributed by atoms with Gasteiger partial charge in [0.15, 0.2) is 5.96 Å². The minimum absolute atomic E-state index is 0. The van der Waals surface area contributed by atoms with Crippen molar-refractivity contribution in [3.8, 4) is 5.75 Å². The van der Waals surface area contributed by atoms with Gasteiger partial charge in [0, 0.05) is 40.9 Å². The van der Waals surface area contributed by atoms with Gasteiger partial charge in [-0.25, -0.2) is 0 Å². The van der Waals surface area contributed by atoms with E-state index in [2.05, 4.69) is 15.6 Å². The van der Waals surface area contributed by atoms with Gasteiger partial charge in [-0.1, -0.05) is 41.9 Å². The van der Waals surface area contributed by atoms with Crippen molar-refractivity contribution in [1.82, 2.24) is 10.6 Å². The molecule has 2 aromatic carbocycles. The maximum Gasteiger partial charge on any atom is 0.191 e. The van der Waals surface area contributed by atoms with Crippen LogP contribution in [0.3, 0.4) is 0 Å². The standard InChI is InChI=1S/C20H26ClN3O2S.HI/c1-16(26-19-10-8-18(21)9-11-19)14-24-20(22-2)23-12-13-27(25)15-17-6-4-3-5-7-17;/h3-11,16H,12-15H2,1-2H3,(H2,22,23,24);1H. The monoisotopic (exact) mass is 535 g/mol. The highest BCUT2D eigenvalue weighted by molar-refractivity contribution is 14.0. The molecule has 0 radical (unpaired) electrons. The molecule has 2 rings (SSSR count). The summed E-state index contributed by atoms with van der Waals surface area (Å²) in [5.74, 6) is 2.57. The molecule has 154 valence electrons. The number of nitrogens with one attached hydrogen (secondary N) is 2. The largest absolute Gasteiger partial charge is 0.489 e. The number of hydrogen-bond donors (Lipinski definition) is 2. The molecule has 0 bridgehead atoms.